The van der Waals surface area contributed by atoms with Gasteiger partial charge in [0, 0.05) is 51.4 Å². The maximum Gasteiger partial charge on any atom is 0.409 e. The van der Waals surface area contributed by atoms with Crippen molar-refractivity contribution in [2.75, 3.05) is 33.3 Å². The van der Waals surface area contributed by atoms with E-state index >= 15 is 0 Å². The molecule has 0 unspecified atom stereocenters. The third-order valence-corrected chi connectivity index (χ3v) is 6.79. The molecule has 0 bridgehead atoms. The van der Waals surface area contributed by atoms with Gasteiger partial charge in [-0.3, -0.25) is 13.9 Å². The van der Waals surface area contributed by atoms with Crippen molar-refractivity contribution in [2.45, 2.75) is 39.2 Å². The van der Waals surface area contributed by atoms with Gasteiger partial charge in [0.15, 0.2) is 5.65 Å². The van der Waals surface area contributed by atoms with Crippen LogP contribution in [0.5, 0.6) is 0 Å². The number of methoxy groups -OCH3 is 1. The molecule has 2 amide bonds. The molecule has 9 nitrogen and oxygen atoms in total. The van der Waals surface area contributed by atoms with Gasteiger partial charge in [0.25, 0.3) is 0 Å². The molecule has 31 heavy (non-hydrogen) atoms. The number of carbonyl (C=O) groups is 2. The largest absolute Gasteiger partial charge is 0.453 e. The van der Waals surface area contributed by atoms with Gasteiger partial charge in [-0.25, -0.2) is 14.6 Å². The Labute approximate surface area is 181 Å². The highest BCUT2D eigenvalue weighted by atomic mass is 16.5. The number of nitrogens with zero attached hydrogens (tertiary/aromatic N) is 5. The molecule has 4 rings (SSSR count). The van der Waals surface area contributed by atoms with E-state index in [0.717, 1.165) is 42.5 Å². The molecular weight excluding hydrogens is 398 g/mol. The zero-order chi connectivity index (χ0) is 22.1. The highest BCUT2D eigenvalue weighted by Gasteiger charge is 2.32. The minimum atomic E-state index is -0.332. The lowest BCUT2D eigenvalue weighted by Gasteiger charge is -2.37. The standard InChI is InChI=1S/C22H31N5O4/c1-15-4-9-18-19(23-15)27(21(29)24(18)2)14-16-5-7-17(8-6-16)20(28)25-10-12-26(13-11-25)22(30)31-3/h4,9,16-17H,5-8,10-14H2,1-3H3. The number of aromatic nitrogens is 3. The van der Waals surface area contributed by atoms with Crippen LogP contribution in [0.2, 0.25) is 0 Å². The predicted octanol–water partition coefficient (Wildman–Crippen LogP) is 1.76. The van der Waals surface area contributed by atoms with Crippen molar-refractivity contribution in [2.24, 2.45) is 18.9 Å². The second-order valence-corrected chi connectivity index (χ2v) is 8.75. The van der Waals surface area contributed by atoms with Gasteiger partial charge in [0.1, 0.15) is 0 Å². The van der Waals surface area contributed by atoms with Crippen LogP contribution in [0.25, 0.3) is 11.2 Å². The number of fused-ring (bicyclic) bond motifs is 1. The van der Waals surface area contributed by atoms with Crippen LogP contribution in [0.3, 0.4) is 0 Å². The lowest BCUT2D eigenvalue weighted by atomic mass is 9.81. The van der Waals surface area contributed by atoms with Crippen molar-refractivity contribution in [1.29, 1.82) is 0 Å². The Morgan fingerprint density at radius 2 is 1.71 bits per heavy atom. The summed E-state index contributed by atoms with van der Waals surface area (Å²) < 4.78 is 8.21. The van der Waals surface area contributed by atoms with Crippen molar-refractivity contribution < 1.29 is 14.3 Å². The number of pyridine rings is 1. The Balaban J connectivity index is 1.35. The number of rotatable bonds is 3. The number of hydrogen-bond acceptors (Lipinski definition) is 5. The highest BCUT2D eigenvalue weighted by molar-refractivity contribution is 5.79. The minimum Gasteiger partial charge on any atom is -0.453 e. The summed E-state index contributed by atoms with van der Waals surface area (Å²) in [6.07, 6.45) is 3.20. The third kappa shape index (κ3) is 4.18. The van der Waals surface area contributed by atoms with Crippen LogP contribution in [-0.2, 0) is 23.1 Å². The maximum atomic E-state index is 13.0. The predicted molar refractivity (Wildman–Crippen MR) is 116 cm³/mol. The first kappa shape index (κ1) is 21.4. The van der Waals surface area contributed by atoms with Crippen molar-refractivity contribution >= 4 is 23.2 Å². The normalized spacial score (nSPS) is 22.0. The van der Waals surface area contributed by atoms with Crippen molar-refractivity contribution in [1.82, 2.24) is 23.9 Å². The van der Waals surface area contributed by atoms with E-state index in [9.17, 15) is 14.4 Å². The van der Waals surface area contributed by atoms with E-state index in [2.05, 4.69) is 4.98 Å². The molecule has 0 spiro atoms. The fraction of sp³-hybridized carbons (Fsp3) is 0.636. The Morgan fingerprint density at radius 1 is 1.06 bits per heavy atom. The molecule has 0 atom stereocenters. The van der Waals surface area contributed by atoms with E-state index in [1.807, 2.05) is 24.0 Å². The van der Waals surface area contributed by atoms with E-state index in [0.29, 0.717) is 38.6 Å². The molecule has 1 aliphatic carbocycles. The molecule has 2 aromatic rings. The van der Waals surface area contributed by atoms with Gasteiger partial charge < -0.3 is 14.5 Å². The summed E-state index contributed by atoms with van der Waals surface area (Å²) in [7, 11) is 3.16. The quantitative estimate of drug-likeness (QED) is 0.742. The summed E-state index contributed by atoms with van der Waals surface area (Å²) >= 11 is 0. The topological polar surface area (TPSA) is 89.7 Å². The van der Waals surface area contributed by atoms with Gasteiger partial charge in [-0.2, -0.15) is 0 Å². The second kappa shape index (κ2) is 8.72. The van der Waals surface area contributed by atoms with Crippen LogP contribution in [-0.4, -0.2) is 69.2 Å². The fourth-order valence-electron chi connectivity index (χ4n) is 4.88. The van der Waals surface area contributed by atoms with Gasteiger partial charge >= 0.3 is 11.8 Å². The van der Waals surface area contributed by atoms with Crippen LogP contribution in [0, 0.1) is 18.8 Å². The molecule has 1 saturated heterocycles. The fourth-order valence-corrected chi connectivity index (χ4v) is 4.88. The number of piperazine rings is 1. The van der Waals surface area contributed by atoms with E-state index in [1.54, 1.807) is 21.1 Å². The molecule has 0 aromatic carbocycles. The first-order chi connectivity index (χ1) is 14.9. The number of hydrogen-bond donors (Lipinski definition) is 0. The van der Waals surface area contributed by atoms with E-state index in [-0.39, 0.29) is 23.6 Å². The number of aryl methyl sites for hydroxylation is 2. The molecule has 2 aromatic heterocycles. The lowest BCUT2D eigenvalue weighted by Crippen LogP contribution is -2.52. The SMILES string of the molecule is COC(=O)N1CCN(C(=O)C2CCC(Cn3c(=O)n(C)c4ccc(C)nc43)CC2)CC1. The van der Waals surface area contributed by atoms with Gasteiger partial charge in [-0.1, -0.05) is 0 Å². The maximum absolute atomic E-state index is 13.0. The molecule has 168 valence electrons. The second-order valence-electron chi connectivity index (χ2n) is 8.75. The average Bonchev–Trinajstić information content (AvgIpc) is 3.02. The van der Waals surface area contributed by atoms with Gasteiger partial charge in [-0.05, 0) is 50.7 Å². The summed E-state index contributed by atoms with van der Waals surface area (Å²) in [4.78, 5) is 45.4. The molecule has 9 heteroatoms. The molecule has 3 heterocycles. The summed E-state index contributed by atoms with van der Waals surface area (Å²) in [6, 6.07) is 3.87. The van der Waals surface area contributed by atoms with Crippen LogP contribution < -0.4 is 5.69 Å². The summed E-state index contributed by atoms with van der Waals surface area (Å²) in [5, 5.41) is 0. The minimum absolute atomic E-state index is 0.0326. The van der Waals surface area contributed by atoms with Crippen molar-refractivity contribution in [3.05, 3.63) is 28.3 Å². The number of carbonyl (C=O) groups excluding carboxylic acids is 2. The smallest absolute Gasteiger partial charge is 0.409 e. The molecule has 0 N–H and O–H groups in total. The van der Waals surface area contributed by atoms with Crippen LogP contribution in [0.4, 0.5) is 4.79 Å². The number of amides is 2. The molecule has 0 radical (unpaired) electrons. The van der Waals surface area contributed by atoms with Gasteiger partial charge in [-0.15, -0.1) is 0 Å². The first-order valence-corrected chi connectivity index (χ1v) is 11.0. The van der Waals surface area contributed by atoms with Crippen molar-refractivity contribution in [3.8, 4) is 0 Å². The summed E-state index contributed by atoms with van der Waals surface area (Å²) in [5.74, 6) is 0.596. The lowest BCUT2D eigenvalue weighted by molar-refractivity contribution is -0.138. The van der Waals surface area contributed by atoms with E-state index < -0.39 is 0 Å². The Morgan fingerprint density at radius 3 is 2.35 bits per heavy atom. The van der Waals surface area contributed by atoms with Crippen LogP contribution in [0.1, 0.15) is 31.4 Å². The number of ether oxygens (including phenoxy) is 1. The molecule has 2 aliphatic rings. The Kier molecular flexibility index (Phi) is 6.02. The highest BCUT2D eigenvalue weighted by Crippen LogP contribution is 2.31. The zero-order valence-electron chi connectivity index (χ0n) is 18.5. The summed E-state index contributed by atoms with van der Waals surface area (Å²) in [5.41, 5.74) is 2.46. The monoisotopic (exact) mass is 429 g/mol. The van der Waals surface area contributed by atoms with E-state index in [1.165, 1.54) is 7.11 Å². The Bertz CT molecular complexity index is 1030. The Hall–Kier alpha value is -2.84. The van der Waals surface area contributed by atoms with Gasteiger partial charge in [0.05, 0.1) is 12.6 Å². The summed E-state index contributed by atoms with van der Waals surface area (Å²) in [6.45, 7) is 4.73. The molecule has 2 fully saturated rings. The first-order valence-electron chi connectivity index (χ1n) is 11.0. The van der Waals surface area contributed by atoms with E-state index in [4.69, 9.17) is 4.74 Å². The van der Waals surface area contributed by atoms with Crippen molar-refractivity contribution in [3.63, 3.8) is 0 Å². The molecule has 1 aliphatic heterocycles. The molecular formula is C22H31N5O4. The molecule has 1 saturated carbocycles. The zero-order valence-corrected chi connectivity index (χ0v) is 18.5. The van der Waals surface area contributed by atoms with Crippen LogP contribution in [0.15, 0.2) is 16.9 Å². The third-order valence-electron chi connectivity index (χ3n) is 6.79. The van der Waals surface area contributed by atoms with Gasteiger partial charge in [0.2, 0.25) is 5.91 Å². The number of imidazole rings is 1. The van der Waals surface area contributed by atoms with Crippen LogP contribution >= 0.6 is 0 Å². The average molecular weight is 430 g/mol.